The summed E-state index contributed by atoms with van der Waals surface area (Å²) in [5, 5.41) is 0. The maximum atomic E-state index is 11.8. The van der Waals surface area contributed by atoms with Crippen LogP contribution in [-0.4, -0.2) is 50.9 Å². The van der Waals surface area contributed by atoms with Crippen LogP contribution in [0.1, 0.15) is 0 Å². The number of carbonyl (C=O) groups is 2. The van der Waals surface area contributed by atoms with Crippen LogP contribution < -0.4 is 17.2 Å². The number of rotatable bonds is 8. The Morgan fingerprint density at radius 1 is 1.20 bits per heavy atom. The summed E-state index contributed by atoms with van der Waals surface area (Å²) in [6.45, 7) is -1.08. The molecule has 10 heteroatoms. The molecule has 6 N–H and O–H groups in total. The van der Waals surface area contributed by atoms with Gasteiger partial charge in [-0.25, -0.2) is 13.6 Å². The smallest absolute Gasteiger partial charge is 0.356 e. The molecule has 0 bridgehead atoms. The fraction of sp³-hybridized carbons (Fsp3) is 0.500. The predicted octanol–water partition coefficient (Wildman–Crippen LogP) is -1.50. The van der Waals surface area contributed by atoms with E-state index >= 15 is 0 Å². The van der Waals surface area contributed by atoms with Crippen molar-refractivity contribution in [3.63, 3.8) is 0 Å². The Morgan fingerprint density at radius 3 is 2.25 bits per heavy atom. The highest BCUT2D eigenvalue weighted by Crippen LogP contribution is 1.99. The zero-order chi connectivity index (χ0) is 15.7. The van der Waals surface area contributed by atoms with Crippen molar-refractivity contribution in [1.82, 2.24) is 0 Å². The van der Waals surface area contributed by atoms with Gasteiger partial charge in [0.05, 0.1) is 26.0 Å². The summed E-state index contributed by atoms with van der Waals surface area (Å²) in [6.07, 6.45) is -2.60. The third-order valence-corrected chi connectivity index (χ3v) is 1.93. The van der Waals surface area contributed by atoms with E-state index in [0.717, 1.165) is 7.11 Å². The van der Waals surface area contributed by atoms with Crippen LogP contribution in [0.3, 0.4) is 0 Å². The van der Waals surface area contributed by atoms with Crippen LogP contribution in [-0.2, 0) is 19.1 Å². The molecular weight excluding hydrogens is 278 g/mol. The van der Waals surface area contributed by atoms with E-state index < -0.39 is 42.0 Å². The molecule has 20 heavy (non-hydrogen) atoms. The number of aliphatic imine (C=N–C) groups is 1. The van der Waals surface area contributed by atoms with Crippen molar-refractivity contribution in [2.24, 2.45) is 22.2 Å². The molecule has 0 aliphatic heterocycles. The summed E-state index contributed by atoms with van der Waals surface area (Å²) in [4.78, 5) is 25.9. The number of halogens is 2. The molecule has 114 valence electrons. The van der Waals surface area contributed by atoms with Crippen LogP contribution in [0.25, 0.3) is 0 Å². The van der Waals surface area contributed by atoms with E-state index in [1.165, 1.54) is 0 Å². The zero-order valence-corrected chi connectivity index (χ0v) is 10.8. The summed E-state index contributed by atoms with van der Waals surface area (Å²) in [5.74, 6) is -1.98. The van der Waals surface area contributed by atoms with Crippen LogP contribution >= 0.6 is 0 Å². The van der Waals surface area contributed by atoms with Gasteiger partial charge in [0.1, 0.15) is 18.0 Å². The van der Waals surface area contributed by atoms with Crippen LogP contribution in [0, 0.1) is 0 Å². The maximum absolute atomic E-state index is 11.8. The molecule has 8 nitrogen and oxygen atoms in total. The third-order valence-electron chi connectivity index (χ3n) is 1.93. The normalized spacial score (nSPS) is 13.1. The second kappa shape index (κ2) is 8.80. The minimum Gasteiger partial charge on any atom is -0.464 e. The van der Waals surface area contributed by atoms with Gasteiger partial charge in [-0.1, -0.05) is 0 Å². The Morgan fingerprint density at radius 2 is 1.80 bits per heavy atom. The Balaban J connectivity index is 4.80. The Labute approximate surface area is 113 Å². The van der Waals surface area contributed by atoms with Crippen molar-refractivity contribution in [2.75, 3.05) is 26.9 Å². The van der Waals surface area contributed by atoms with Gasteiger partial charge in [0.15, 0.2) is 0 Å². The average molecular weight is 294 g/mol. The first-order valence-corrected chi connectivity index (χ1v) is 5.35. The number of hydrogen-bond acceptors (Lipinski definition) is 7. The van der Waals surface area contributed by atoms with Gasteiger partial charge in [-0.3, -0.25) is 9.79 Å². The average Bonchev–Trinajstić information content (AvgIpc) is 2.39. The largest absolute Gasteiger partial charge is 0.464 e. The van der Waals surface area contributed by atoms with E-state index in [-0.39, 0.29) is 13.2 Å². The molecule has 1 amide bonds. The van der Waals surface area contributed by atoms with E-state index in [0.29, 0.717) is 0 Å². The minimum atomic E-state index is -2.60. The van der Waals surface area contributed by atoms with E-state index in [2.05, 4.69) is 14.5 Å². The van der Waals surface area contributed by atoms with Crippen molar-refractivity contribution >= 4 is 17.6 Å². The lowest BCUT2D eigenvalue weighted by atomic mass is 10.2. The van der Waals surface area contributed by atoms with E-state index in [1.807, 2.05) is 0 Å². The van der Waals surface area contributed by atoms with Crippen LogP contribution in [0.5, 0.6) is 0 Å². The number of primary amides is 1. The molecule has 0 aromatic heterocycles. The molecule has 0 rings (SSSR count). The van der Waals surface area contributed by atoms with Gasteiger partial charge in [-0.2, -0.15) is 0 Å². The van der Waals surface area contributed by atoms with Crippen molar-refractivity contribution in [3.8, 4) is 0 Å². The molecule has 0 aliphatic carbocycles. The molecule has 0 unspecified atom stereocenters. The van der Waals surface area contributed by atoms with Crippen molar-refractivity contribution in [3.05, 3.63) is 11.4 Å². The first-order chi connectivity index (χ1) is 9.31. The number of amides is 1. The Kier molecular flexibility index (Phi) is 7.82. The van der Waals surface area contributed by atoms with Crippen LogP contribution in [0.2, 0.25) is 0 Å². The lowest BCUT2D eigenvalue weighted by molar-refractivity contribution is -0.136. The highest BCUT2D eigenvalue weighted by Gasteiger charge is 2.18. The van der Waals surface area contributed by atoms with Crippen LogP contribution in [0.15, 0.2) is 16.4 Å². The predicted molar refractivity (Wildman–Crippen MR) is 65.7 cm³/mol. The molecule has 0 spiro atoms. The van der Waals surface area contributed by atoms with Crippen molar-refractivity contribution < 1.29 is 27.8 Å². The molecule has 0 fully saturated rings. The van der Waals surface area contributed by atoms with E-state index in [1.54, 1.807) is 0 Å². The lowest BCUT2D eigenvalue weighted by Gasteiger charge is -2.07. The summed E-state index contributed by atoms with van der Waals surface area (Å²) in [5.41, 5.74) is 14.4. The number of hydrogen-bond donors (Lipinski definition) is 3. The summed E-state index contributed by atoms with van der Waals surface area (Å²) in [6, 6.07) is 0. The van der Waals surface area contributed by atoms with Crippen molar-refractivity contribution in [2.45, 2.75) is 6.43 Å². The number of alkyl halides is 2. The molecule has 0 heterocycles. The number of carbonyl (C=O) groups excluding carboxylic acids is 2. The van der Waals surface area contributed by atoms with Gasteiger partial charge in [0.25, 0.3) is 12.3 Å². The number of nitrogens with zero attached hydrogens (tertiary/aromatic N) is 1. The molecular formula is C10H16F2N4O4. The summed E-state index contributed by atoms with van der Waals surface area (Å²) >= 11 is 0. The summed E-state index contributed by atoms with van der Waals surface area (Å²) in [7, 11) is 1.07. The highest BCUT2D eigenvalue weighted by molar-refractivity contribution is 6.45. The topological polar surface area (TPSA) is 143 Å². The maximum Gasteiger partial charge on any atom is 0.356 e. The minimum absolute atomic E-state index is 0.153. The molecule has 0 saturated heterocycles. The van der Waals surface area contributed by atoms with Crippen LogP contribution in [0.4, 0.5) is 8.78 Å². The monoisotopic (exact) mass is 294 g/mol. The van der Waals surface area contributed by atoms with E-state index in [9.17, 15) is 18.4 Å². The molecule has 0 aromatic carbocycles. The first kappa shape index (κ1) is 17.8. The third kappa shape index (κ3) is 6.09. The second-order valence-electron chi connectivity index (χ2n) is 3.38. The van der Waals surface area contributed by atoms with Gasteiger partial charge < -0.3 is 26.7 Å². The Bertz CT molecular complexity index is 423. The van der Waals surface area contributed by atoms with E-state index in [4.69, 9.17) is 17.2 Å². The zero-order valence-electron chi connectivity index (χ0n) is 10.8. The number of methoxy groups -OCH3 is 1. The lowest BCUT2D eigenvalue weighted by Crippen LogP contribution is -2.33. The quantitative estimate of drug-likeness (QED) is 0.215. The van der Waals surface area contributed by atoms with Gasteiger partial charge in [-0.05, 0) is 0 Å². The Hall–Kier alpha value is -2.23. The molecule has 0 aliphatic rings. The highest BCUT2D eigenvalue weighted by atomic mass is 19.3. The molecule has 0 radical (unpaired) electrons. The summed E-state index contributed by atoms with van der Waals surface area (Å²) < 4.78 is 32.4. The molecule has 0 saturated carbocycles. The van der Waals surface area contributed by atoms with Gasteiger partial charge >= 0.3 is 5.97 Å². The van der Waals surface area contributed by atoms with Gasteiger partial charge in [-0.15, -0.1) is 0 Å². The fourth-order valence-electron chi connectivity index (χ4n) is 1.04. The number of ether oxygens (including phenoxy) is 2. The molecule has 0 atom stereocenters. The second-order valence-corrected chi connectivity index (χ2v) is 3.38. The van der Waals surface area contributed by atoms with Gasteiger partial charge in [0, 0.05) is 0 Å². The standard InChI is InChI=1S/C10H16F2N4O4/c1-19-10(18)7(14)6(13)8(9(15)17)16-2-3-20-4-5(11)12/h5H,2-4,13-14H2,1H3,(H2,15,17). The van der Waals surface area contributed by atoms with Gasteiger partial charge in [0.2, 0.25) is 0 Å². The number of nitrogens with two attached hydrogens (primary N) is 3. The molecule has 0 aromatic rings. The first-order valence-electron chi connectivity index (χ1n) is 5.35. The van der Waals surface area contributed by atoms with Crippen molar-refractivity contribution in [1.29, 1.82) is 0 Å². The SMILES string of the molecule is COC(=O)C(N)=C(N)C(=NCCOCC(F)F)C(N)=O. The number of esters is 1. The fourth-order valence-corrected chi connectivity index (χ4v) is 1.04.